The number of carbonyl (C=O) groups excluding carboxylic acids is 2. The van der Waals surface area contributed by atoms with E-state index in [1.54, 1.807) is 31.4 Å². The quantitative estimate of drug-likeness (QED) is 0.111. The molecule has 0 bridgehead atoms. The van der Waals surface area contributed by atoms with Gasteiger partial charge in [-0.2, -0.15) is 0 Å². The molecule has 0 radical (unpaired) electrons. The van der Waals surface area contributed by atoms with Crippen LogP contribution in [0.25, 0.3) is 0 Å². The second-order valence-corrected chi connectivity index (χ2v) is 7.84. The standard InChI is InChI=1S/C26H40O5/c1-3-4-5-6-7-8-9-10-11-12-13-14-15-22-30-25(27)20-21-26(28)31-24-18-16-23(29-2)17-19-24/h16-21H,3-15,22H2,1-2H3/b21-20+. The van der Waals surface area contributed by atoms with Gasteiger partial charge in [-0.25, -0.2) is 9.59 Å². The molecule has 5 heteroatoms. The van der Waals surface area contributed by atoms with Gasteiger partial charge in [0, 0.05) is 12.2 Å². The lowest BCUT2D eigenvalue weighted by Crippen LogP contribution is -2.07. The summed E-state index contributed by atoms with van der Waals surface area (Å²) in [6.07, 6.45) is 18.8. The maximum atomic E-state index is 11.7. The van der Waals surface area contributed by atoms with Crippen LogP contribution in [0.4, 0.5) is 0 Å². The van der Waals surface area contributed by atoms with E-state index < -0.39 is 11.9 Å². The number of benzene rings is 1. The lowest BCUT2D eigenvalue weighted by Gasteiger charge is -2.04. The first-order chi connectivity index (χ1) is 15.2. The van der Waals surface area contributed by atoms with E-state index in [4.69, 9.17) is 14.2 Å². The number of rotatable bonds is 18. The van der Waals surface area contributed by atoms with Crippen LogP contribution < -0.4 is 9.47 Å². The molecule has 0 aliphatic rings. The topological polar surface area (TPSA) is 61.8 Å². The van der Waals surface area contributed by atoms with Crippen LogP contribution >= 0.6 is 0 Å². The summed E-state index contributed by atoms with van der Waals surface area (Å²) in [6.45, 7) is 2.64. The number of ether oxygens (including phenoxy) is 3. The molecule has 174 valence electrons. The highest BCUT2D eigenvalue weighted by Crippen LogP contribution is 2.17. The number of hydrogen-bond donors (Lipinski definition) is 0. The fourth-order valence-electron chi connectivity index (χ4n) is 3.27. The van der Waals surface area contributed by atoms with Crippen molar-refractivity contribution < 1.29 is 23.8 Å². The van der Waals surface area contributed by atoms with Crippen LogP contribution in [0.2, 0.25) is 0 Å². The SMILES string of the molecule is CCCCCCCCCCCCCCCOC(=O)/C=C/C(=O)Oc1ccc(OC)cc1. The highest BCUT2D eigenvalue weighted by atomic mass is 16.5. The Hall–Kier alpha value is -2.30. The molecule has 0 heterocycles. The first kappa shape index (κ1) is 26.7. The summed E-state index contributed by atoms with van der Waals surface area (Å²) in [4.78, 5) is 23.4. The highest BCUT2D eigenvalue weighted by Gasteiger charge is 2.03. The van der Waals surface area contributed by atoms with Crippen molar-refractivity contribution in [3.63, 3.8) is 0 Å². The minimum atomic E-state index is -0.622. The first-order valence-electron chi connectivity index (χ1n) is 11.9. The van der Waals surface area contributed by atoms with Crippen molar-refractivity contribution in [3.8, 4) is 11.5 Å². The Balaban J connectivity index is 1.95. The molecule has 0 aliphatic carbocycles. The van der Waals surface area contributed by atoms with Gasteiger partial charge in [-0.05, 0) is 30.7 Å². The lowest BCUT2D eigenvalue weighted by atomic mass is 10.0. The van der Waals surface area contributed by atoms with Crippen LogP contribution in [0.1, 0.15) is 90.4 Å². The molecule has 0 saturated heterocycles. The molecule has 1 aromatic carbocycles. The van der Waals surface area contributed by atoms with E-state index in [-0.39, 0.29) is 0 Å². The molecule has 1 aromatic rings. The molecular formula is C26H40O5. The van der Waals surface area contributed by atoms with E-state index >= 15 is 0 Å². The van der Waals surface area contributed by atoms with Gasteiger partial charge in [0.1, 0.15) is 11.5 Å². The fourth-order valence-corrected chi connectivity index (χ4v) is 3.27. The average molecular weight is 433 g/mol. The second kappa shape index (κ2) is 18.5. The summed E-state index contributed by atoms with van der Waals surface area (Å²) in [7, 11) is 1.56. The third-order valence-electron chi connectivity index (χ3n) is 5.13. The van der Waals surface area contributed by atoms with E-state index in [9.17, 15) is 9.59 Å². The van der Waals surface area contributed by atoms with E-state index in [2.05, 4.69) is 6.92 Å². The van der Waals surface area contributed by atoms with E-state index in [1.807, 2.05) is 0 Å². The Bertz CT molecular complexity index is 621. The van der Waals surface area contributed by atoms with E-state index in [0.29, 0.717) is 18.1 Å². The van der Waals surface area contributed by atoms with Gasteiger partial charge in [0.25, 0.3) is 0 Å². The molecule has 0 saturated carbocycles. The Labute approximate surface area is 188 Å². The number of esters is 2. The van der Waals surface area contributed by atoms with Crippen molar-refractivity contribution in [2.45, 2.75) is 90.4 Å². The monoisotopic (exact) mass is 432 g/mol. The first-order valence-corrected chi connectivity index (χ1v) is 11.9. The Morgan fingerprint density at radius 2 is 1.13 bits per heavy atom. The van der Waals surface area contributed by atoms with Crippen molar-refractivity contribution in [3.05, 3.63) is 36.4 Å². The molecule has 0 aromatic heterocycles. The summed E-state index contributed by atoms with van der Waals surface area (Å²) >= 11 is 0. The third-order valence-corrected chi connectivity index (χ3v) is 5.13. The number of unbranched alkanes of at least 4 members (excludes halogenated alkanes) is 12. The van der Waals surface area contributed by atoms with Crippen molar-refractivity contribution in [2.24, 2.45) is 0 Å². The van der Waals surface area contributed by atoms with Crippen LogP contribution in [-0.4, -0.2) is 25.7 Å². The van der Waals surface area contributed by atoms with E-state index in [0.717, 1.165) is 25.0 Å². The van der Waals surface area contributed by atoms with Crippen molar-refractivity contribution >= 4 is 11.9 Å². The predicted molar refractivity (Wildman–Crippen MR) is 124 cm³/mol. The molecule has 0 N–H and O–H groups in total. The number of carbonyl (C=O) groups is 2. The van der Waals surface area contributed by atoms with Gasteiger partial charge in [0.2, 0.25) is 0 Å². The van der Waals surface area contributed by atoms with Crippen LogP contribution in [0.3, 0.4) is 0 Å². The Morgan fingerprint density at radius 1 is 0.677 bits per heavy atom. The third kappa shape index (κ3) is 15.2. The largest absolute Gasteiger partial charge is 0.497 e. The van der Waals surface area contributed by atoms with Crippen molar-refractivity contribution in [1.29, 1.82) is 0 Å². The molecule has 5 nitrogen and oxygen atoms in total. The molecule has 0 spiro atoms. The Kier molecular flexibility index (Phi) is 15.9. The smallest absolute Gasteiger partial charge is 0.336 e. The van der Waals surface area contributed by atoms with Crippen LogP contribution in [-0.2, 0) is 14.3 Å². The van der Waals surface area contributed by atoms with Crippen LogP contribution in [0.5, 0.6) is 11.5 Å². The van der Waals surface area contributed by atoms with Gasteiger partial charge < -0.3 is 14.2 Å². The van der Waals surface area contributed by atoms with Gasteiger partial charge in [-0.15, -0.1) is 0 Å². The molecule has 1 rings (SSSR count). The number of hydrogen-bond acceptors (Lipinski definition) is 5. The predicted octanol–water partition coefficient (Wildman–Crippen LogP) is 6.79. The zero-order valence-electron chi connectivity index (χ0n) is 19.4. The minimum absolute atomic E-state index is 0.383. The zero-order valence-corrected chi connectivity index (χ0v) is 19.4. The molecule has 0 unspecified atom stereocenters. The molecule has 31 heavy (non-hydrogen) atoms. The van der Waals surface area contributed by atoms with Gasteiger partial charge in [0.05, 0.1) is 13.7 Å². The van der Waals surface area contributed by atoms with Crippen molar-refractivity contribution in [1.82, 2.24) is 0 Å². The fraction of sp³-hybridized carbons (Fsp3) is 0.615. The van der Waals surface area contributed by atoms with Gasteiger partial charge >= 0.3 is 11.9 Å². The summed E-state index contributed by atoms with van der Waals surface area (Å²) in [6, 6.07) is 6.63. The highest BCUT2D eigenvalue weighted by molar-refractivity contribution is 5.92. The Morgan fingerprint density at radius 3 is 1.65 bits per heavy atom. The zero-order chi connectivity index (χ0) is 22.6. The van der Waals surface area contributed by atoms with Gasteiger partial charge in [-0.1, -0.05) is 84.0 Å². The van der Waals surface area contributed by atoms with Gasteiger partial charge in [-0.3, -0.25) is 0 Å². The van der Waals surface area contributed by atoms with Gasteiger partial charge in [0.15, 0.2) is 0 Å². The lowest BCUT2D eigenvalue weighted by molar-refractivity contribution is -0.138. The average Bonchev–Trinajstić information content (AvgIpc) is 2.78. The summed E-state index contributed by atoms with van der Waals surface area (Å²) < 4.78 is 15.3. The summed E-state index contributed by atoms with van der Waals surface area (Å²) in [5, 5.41) is 0. The second-order valence-electron chi connectivity index (χ2n) is 7.84. The molecule has 0 amide bonds. The van der Waals surface area contributed by atoms with Crippen molar-refractivity contribution in [2.75, 3.05) is 13.7 Å². The normalized spacial score (nSPS) is 10.9. The molecule has 0 fully saturated rings. The van der Waals surface area contributed by atoms with E-state index in [1.165, 1.54) is 70.6 Å². The molecule has 0 atom stereocenters. The van der Waals surface area contributed by atoms with Crippen LogP contribution in [0.15, 0.2) is 36.4 Å². The molecular weight excluding hydrogens is 392 g/mol. The summed E-state index contributed by atoms with van der Waals surface area (Å²) in [5.74, 6) is -0.0865. The van der Waals surface area contributed by atoms with Crippen LogP contribution in [0, 0.1) is 0 Å². The maximum absolute atomic E-state index is 11.7. The minimum Gasteiger partial charge on any atom is -0.497 e. The maximum Gasteiger partial charge on any atom is 0.336 e. The number of methoxy groups -OCH3 is 1. The molecule has 0 aliphatic heterocycles. The summed E-state index contributed by atoms with van der Waals surface area (Å²) in [5.41, 5.74) is 0.